The fraction of sp³-hybridized carbons (Fsp3) is 0.174. The largest absolute Gasteiger partial charge is 0.383 e. The summed E-state index contributed by atoms with van der Waals surface area (Å²) in [6.07, 6.45) is 4.02. The fourth-order valence-corrected chi connectivity index (χ4v) is 3.80. The zero-order valence-electron chi connectivity index (χ0n) is 15.2. The van der Waals surface area contributed by atoms with E-state index < -0.39 is 0 Å². The molecular weight excluding hydrogens is 332 g/mol. The predicted octanol–water partition coefficient (Wildman–Crippen LogP) is 4.66. The molecule has 0 radical (unpaired) electrons. The van der Waals surface area contributed by atoms with Crippen LogP contribution in [0.25, 0.3) is 22.2 Å². The Morgan fingerprint density at radius 3 is 2.85 bits per heavy atom. The van der Waals surface area contributed by atoms with E-state index in [1.807, 2.05) is 18.5 Å². The Balaban J connectivity index is 1.37. The van der Waals surface area contributed by atoms with E-state index in [2.05, 4.69) is 69.8 Å². The molecule has 5 rings (SSSR count). The van der Waals surface area contributed by atoms with Crippen LogP contribution in [0.2, 0.25) is 0 Å². The number of aromatic amines is 1. The summed E-state index contributed by atoms with van der Waals surface area (Å²) in [7, 11) is 0. The molecule has 0 amide bonds. The van der Waals surface area contributed by atoms with Crippen LogP contribution in [0.15, 0.2) is 73.1 Å². The van der Waals surface area contributed by atoms with Gasteiger partial charge in [-0.3, -0.25) is 9.88 Å². The van der Waals surface area contributed by atoms with Crippen molar-refractivity contribution in [3.05, 3.63) is 84.2 Å². The molecule has 4 nitrogen and oxygen atoms in total. The molecule has 0 bridgehead atoms. The Kier molecular flexibility index (Phi) is 4.11. The Morgan fingerprint density at radius 1 is 1.00 bits per heavy atom. The van der Waals surface area contributed by atoms with Crippen LogP contribution in [0.1, 0.15) is 11.1 Å². The summed E-state index contributed by atoms with van der Waals surface area (Å²) in [5.41, 5.74) is 7.18. The Morgan fingerprint density at radius 2 is 1.93 bits per heavy atom. The van der Waals surface area contributed by atoms with E-state index in [0.717, 1.165) is 37.4 Å². The molecule has 2 aromatic carbocycles. The molecule has 1 aliphatic heterocycles. The number of pyridine rings is 1. The van der Waals surface area contributed by atoms with Gasteiger partial charge in [0.1, 0.15) is 0 Å². The smallest absolute Gasteiger partial charge is 0.0722 e. The van der Waals surface area contributed by atoms with Crippen molar-refractivity contribution in [3.8, 4) is 11.3 Å². The highest BCUT2D eigenvalue weighted by atomic mass is 15.2. The lowest BCUT2D eigenvalue weighted by Crippen LogP contribution is -2.25. The predicted molar refractivity (Wildman–Crippen MR) is 111 cm³/mol. The minimum absolute atomic E-state index is 0.912. The topological polar surface area (TPSA) is 44.0 Å². The van der Waals surface area contributed by atoms with E-state index in [9.17, 15) is 0 Å². The zero-order chi connectivity index (χ0) is 18.1. The fourth-order valence-electron chi connectivity index (χ4n) is 3.80. The highest BCUT2D eigenvalue weighted by Crippen LogP contribution is 2.26. The molecule has 0 saturated carbocycles. The SMILES string of the molecule is c1ccc(-c2cc3c(cn2)CN(Cc2ccc4[nH]ccc4c2)CCN3)cc1. The van der Waals surface area contributed by atoms with E-state index in [4.69, 9.17) is 4.98 Å². The van der Waals surface area contributed by atoms with Crippen molar-refractivity contribution in [3.63, 3.8) is 0 Å². The highest BCUT2D eigenvalue weighted by Gasteiger charge is 2.16. The van der Waals surface area contributed by atoms with Crippen molar-refractivity contribution in [2.45, 2.75) is 13.1 Å². The minimum atomic E-state index is 0.912. The lowest BCUT2D eigenvalue weighted by Gasteiger charge is -2.20. The number of anilines is 1. The van der Waals surface area contributed by atoms with Crippen LogP contribution >= 0.6 is 0 Å². The number of nitrogens with one attached hydrogen (secondary N) is 2. The molecule has 0 atom stereocenters. The van der Waals surface area contributed by atoms with E-state index in [-0.39, 0.29) is 0 Å². The lowest BCUT2D eigenvalue weighted by atomic mass is 10.1. The standard InChI is InChI=1S/C23H22N4/c1-2-4-18(5-3-1)22-13-23-20(14-26-22)16-27(11-10-25-23)15-17-6-7-21-19(12-17)8-9-24-21/h1-9,12-14,24-25H,10-11,15-16H2. The first-order chi connectivity index (χ1) is 13.3. The maximum absolute atomic E-state index is 4.71. The summed E-state index contributed by atoms with van der Waals surface area (Å²) in [5, 5.41) is 4.86. The third-order valence-electron chi connectivity index (χ3n) is 5.22. The first kappa shape index (κ1) is 16.1. The Labute approximate surface area is 158 Å². The van der Waals surface area contributed by atoms with Gasteiger partial charge >= 0.3 is 0 Å². The molecular formula is C23H22N4. The second-order valence-corrected chi connectivity index (χ2v) is 7.13. The van der Waals surface area contributed by atoms with Crippen molar-refractivity contribution in [1.29, 1.82) is 0 Å². The van der Waals surface area contributed by atoms with Crippen molar-refractivity contribution < 1.29 is 0 Å². The van der Waals surface area contributed by atoms with Crippen LogP contribution in [0, 0.1) is 0 Å². The van der Waals surface area contributed by atoms with E-state index in [1.165, 1.54) is 27.7 Å². The maximum atomic E-state index is 4.71. The Hall–Kier alpha value is -3.11. The van der Waals surface area contributed by atoms with Crippen LogP contribution in [-0.2, 0) is 13.1 Å². The third-order valence-corrected chi connectivity index (χ3v) is 5.22. The maximum Gasteiger partial charge on any atom is 0.0722 e. The van der Waals surface area contributed by atoms with Gasteiger partial charge in [-0.25, -0.2) is 0 Å². The number of hydrogen-bond acceptors (Lipinski definition) is 3. The van der Waals surface area contributed by atoms with Crippen molar-refractivity contribution >= 4 is 16.6 Å². The summed E-state index contributed by atoms with van der Waals surface area (Å²) in [6.45, 7) is 3.82. The van der Waals surface area contributed by atoms with Crippen LogP contribution in [0.5, 0.6) is 0 Å². The summed E-state index contributed by atoms with van der Waals surface area (Å²) in [6, 6.07) is 21.3. The van der Waals surface area contributed by atoms with Gasteiger partial charge in [0.05, 0.1) is 5.69 Å². The quantitative estimate of drug-likeness (QED) is 0.562. The zero-order valence-corrected chi connectivity index (χ0v) is 15.2. The van der Waals surface area contributed by atoms with Gasteiger partial charge in [0, 0.05) is 60.9 Å². The van der Waals surface area contributed by atoms with Crippen molar-refractivity contribution in [2.75, 3.05) is 18.4 Å². The molecule has 134 valence electrons. The van der Waals surface area contributed by atoms with Gasteiger partial charge < -0.3 is 10.3 Å². The molecule has 4 heteroatoms. The van der Waals surface area contributed by atoms with Crippen LogP contribution in [0.3, 0.4) is 0 Å². The molecule has 0 unspecified atom stereocenters. The molecule has 2 N–H and O–H groups in total. The highest BCUT2D eigenvalue weighted by molar-refractivity contribution is 5.79. The second-order valence-electron chi connectivity index (χ2n) is 7.13. The normalized spacial score (nSPS) is 14.5. The average Bonchev–Trinajstić information content (AvgIpc) is 3.08. The van der Waals surface area contributed by atoms with Gasteiger partial charge in [-0.2, -0.15) is 0 Å². The number of benzene rings is 2. The number of hydrogen-bond donors (Lipinski definition) is 2. The molecule has 0 spiro atoms. The summed E-state index contributed by atoms with van der Waals surface area (Å²) >= 11 is 0. The molecule has 0 fully saturated rings. The van der Waals surface area contributed by atoms with Crippen LogP contribution < -0.4 is 5.32 Å². The van der Waals surface area contributed by atoms with Gasteiger partial charge in [0.15, 0.2) is 0 Å². The van der Waals surface area contributed by atoms with Gasteiger partial charge in [0.25, 0.3) is 0 Å². The first-order valence-corrected chi connectivity index (χ1v) is 9.42. The Bertz CT molecular complexity index is 1070. The summed E-state index contributed by atoms with van der Waals surface area (Å²) < 4.78 is 0. The van der Waals surface area contributed by atoms with Gasteiger partial charge in [-0.15, -0.1) is 0 Å². The number of H-pyrrole nitrogens is 1. The molecule has 0 aliphatic carbocycles. The molecule has 3 heterocycles. The molecule has 4 aromatic rings. The van der Waals surface area contributed by atoms with Crippen molar-refractivity contribution in [2.24, 2.45) is 0 Å². The lowest BCUT2D eigenvalue weighted by molar-refractivity contribution is 0.272. The van der Waals surface area contributed by atoms with E-state index in [1.54, 1.807) is 0 Å². The minimum Gasteiger partial charge on any atom is -0.383 e. The first-order valence-electron chi connectivity index (χ1n) is 9.42. The summed E-state index contributed by atoms with van der Waals surface area (Å²) in [4.78, 5) is 10.5. The number of rotatable bonds is 3. The monoisotopic (exact) mass is 354 g/mol. The van der Waals surface area contributed by atoms with Gasteiger partial charge in [-0.05, 0) is 35.2 Å². The molecule has 27 heavy (non-hydrogen) atoms. The number of fused-ring (bicyclic) bond motifs is 2. The van der Waals surface area contributed by atoms with E-state index >= 15 is 0 Å². The van der Waals surface area contributed by atoms with Crippen LogP contribution in [-0.4, -0.2) is 28.0 Å². The number of nitrogens with zero attached hydrogens (tertiary/aromatic N) is 2. The van der Waals surface area contributed by atoms with Gasteiger partial charge in [-0.1, -0.05) is 36.4 Å². The molecule has 1 aliphatic rings. The third kappa shape index (κ3) is 3.32. The average molecular weight is 354 g/mol. The van der Waals surface area contributed by atoms with Gasteiger partial charge in [0.2, 0.25) is 0 Å². The second kappa shape index (κ2) is 6.89. The van der Waals surface area contributed by atoms with E-state index in [0.29, 0.717) is 0 Å². The summed E-state index contributed by atoms with van der Waals surface area (Å²) in [5.74, 6) is 0. The molecule has 0 saturated heterocycles. The van der Waals surface area contributed by atoms with Crippen molar-refractivity contribution in [1.82, 2.24) is 14.9 Å². The number of aromatic nitrogens is 2. The van der Waals surface area contributed by atoms with Crippen LogP contribution in [0.4, 0.5) is 5.69 Å². The molecule has 2 aromatic heterocycles.